The predicted molar refractivity (Wildman–Crippen MR) is 83.7 cm³/mol. The zero-order valence-corrected chi connectivity index (χ0v) is 14.0. The molecule has 23 heavy (non-hydrogen) atoms. The number of ether oxygens (including phenoxy) is 3. The van der Waals surface area contributed by atoms with E-state index in [-0.39, 0.29) is 18.8 Å². The lowest BCUT2D eigenvalue weighted by molar-refractivity contribution is -0.175. The van der Waals surface area contributed by atoms with Gasteiger partial charge >= 0.3 is 12.1 Å². The van der Waals surface area contributed by atoms with Gasteiger partial charge in [0.05, 0.1) is 0 Å². The summed E-state index contributed by atoms with van der Waals surface area (Å²) in [4.78, 5) is 23.2. The molecule has 4 aliphatic rings. The van der Waals surface area contributed by atoms with Crippen molar-refractivity contribution in [3.63, 3.8) is 0 Å². The van der Waals surface area contributed by atoms with Crippen LogP contribution in [0.15, 0.2) is 12.2 Å². The fourth-order valence-corrected chi connectivity index (χ4v) is 4.88. The molecule has 0 aromatic heterocycles. The van der Waals surface area contributed by atoms with Crippen LogP contribution in [0, 0.1) is 23.7 Å². The molecule has 0 aromatic rings. The molecule has 4 fully saturated rings. The predicted octanol–water partition coefficient (Wildman–Crippen LogP) is 3.47. The summed E-state index contributed by atoms with van der Waals surface area (Å²) in [5.74, 6) is 2.11. The number of hydrogen-bond acceptors (Lipinski definition) is 5. The molecule has 0 atom stereocenters. The van der Waals surface area contributed by atoms with Crippen molar-refractivity contribution in [1.82, 2.24) is 0 Å². The molecule has 0 heterocycles. The minimum Gasteiger partial charge on any atom is -0.459 e. The van der Waals surface area contributed by atoms with Crippen molar-refractivity contribution in [2.24, 2.45) is 23.7 Å². The Morgan fingerprint density at radius 1 is 1.00 bits per heavy atom. The smallest absolute Gasteiger partial charge is 0.459 e. The van der Waals surface area contributed by atoms with Crippen molar-refractivity contribution in [3.8, 4) is 0 Å². The van der Waals surface area contributed by atoms with Gasteiger partial charge in [-0.2, -0.15) is 0 Å². The van der Waals surface area contributed by atoms with Gasteiger partial charge in [0.1, 0.15) is 18.8 Å². The third-order valence-corrected chi connectivity index (χ3v) is 5.95. The molecular weight excluding hydrogens is 296 g/mol. The molecule has 0 saturated heterocycles. The first kappa shape index (κ1) is 16.3. The maximum absolute atomic E-state index is 12.0. The minimum absolute atomic E-state index is 0.00845. The molecule has 4 rings (SSSR count). The second-order valence-electron chi connectivity index (χ2n) is 7.61. The largest absolute Gasteiger partial charge is 0.508 e. The topological polar surface area (TPSA) is 61.8 Å². The molecule has 0 radical (unpaired) electrons. The number of esters is 1. The maximum Gasteiger partial charge on any atom is 0.508 e. The summed E-state index contributed by atoms with van der Waals surface area (Å²) in [6.45, 7) is 7.17. The van der Waals surface area contributed by atoms with Gasteiger partial charge in [0, 0.05) is 5.57 Å². The van der Waals surface area contributed by atoms with Crippen LogP contribution in [0.1, 0.15) is 46.0 Å². The van der Waals surface area contributed by atoms with E-state index >= 15 is 0 Å². The summed E-state index contributed by atoms with van der Waals surface area (Å²) in [6, 6.07) is 0. The molecule has 4 aliphatic carbocycles. The van der Waals surface area contributed by atoms with Crippen LogP contribution in [0.3, 0.4) is 0 Å². The van der Waals surface area contributed by atoms with Crippen LogP contribution in [0.25, 0.3) is 0 Å². The molecule has 0 unspecified atom stereocenters. The number of carbonyl (C=O) groups excluding carboxylic acids is 2. The summed E-state index contributed by atoms with van der Waals surface area (Å²) < 4.78 is 15.7. The molecular formula is C18H26O5. The molecule has 4 bridgehead atoms. The molecule has 4 saturated carbocycles. The van der Waals surface area contributed by atoms with Crippen LogP contribution in [0.5, 0.6) is 0 Å². The normalized spacial score (nSPS) is 37.3. The Morgan fingerprint density at radius 2 is 1.52 bits per heavy atom. The molecule has 0 spiro atoms. The third-order valence-electron chi connectivity index (χ3n) is 5.95. The number of rotatable bonds is 5. The quantitative estimate of drug-likeness (QED) is 0.440. The number of hydrogen-bond donors (Lipinski definition) is 0. The Balaban J connectivity index is 1.46. The Kier molecular flexibility index (Phi) is 4.39. The van der Waals surface area contributed by atoms with Crippen LogP contribution in [0.4, 0.5) is 4.79 Å². The average molecular weight is 322 g/mol. The molecule has 5 heteroatoms. The van der Waals surface area contributed by atoms with Crippen LogP contribution in [0.2, 0.25) is 0 Å². The zero-order valence-electron chi connectivity index (χ0n) is 14.0. The van der Waals surface area contributed by atoms with Gasteiger partial charge in [-0.3, -0.25) is 0 Å². The first-order valence-corrected chi connectivity index (χ1v) is 8.57. The van der Waals surface area contributed by atoms with Crippen molar-refractivity contribution in [2.75, 3.05) is 13.2 Å². The molecule has 0 aromatic carbocycles. The summed E-state index contributed by atoms with van der Waals surface area (Å²) in [7, 11) is 0. The van der Waals surface area contributed by atoms with Gasteiger partial charge < -0.3 is 14.2 Å². The maximum atomic E-state index is 12.0. The van der Waals surface area contributed by atoms with Crippen LogP contribution in [-0.2, 0) is 19.0 Å². The van der Waals surface area contributed by atoms with Crippen LogP contribution >= 0.6 is 0 Å². The Morgan fingerprint density at radius 3 is 2.04 bits per heavy atom. The van der Waals surface area contributed by atoms with E-state index in [1.165, 1.54) is 32.1 Å². The van der Waals surface area contributed by atoms with Crippen molar-refractivity contribution in [2.45, 2.75) is 51.6 Å². The van der Waals surface area contributed by atoms with E-state index in [0.717, 1.165) is 11.8 Å². The zero-order chi connectivity index (χ0) is 16.6. The van der Waals surface area contributed by atoms with Crippen LogP contribution < -0.4 is 0 Å². The molecule has 0 N–H and O–H groups in total. The third kappa shape index (κ3) is 3.24. The molecule has 5 nitrogen and oxygen atoms in total. The average Bonchev–Trinajstić information content (AvgIpc) is 2.48. The first-order valence-electron chi connectivity index (χ1n) is 8.57. The van der Waals surface area contributed by atoms with E-state index in [4.69, 9.17) is 14.2 Å². The Hall–Kier alpha value is -1.52. The highest BCUT2D eigenvalue weighted by Crippen LogP contribution is 2.59. The molecule has 0 aliphatic heterocycles. The van der Waals surface area contributed by atoms with Gasteiger partial charge in [-0.25, -0.2) is 9.59 Å². The molecule has 0 amide bonds. The van der Waals surface area contributed by atoms with E-state index < -0.39 is 12.1 Å². The monoisotopic (exact) mass is 322 g/mol. The van der Waals surface area contributed by atoms with Crippen molar-refractivity contribution < 1.29 is 23.8 Å². The summed E-state index contributed by atoms with van der Waals surface area (Å²) in [6.07, 6.45) is 5.41. The summed E-state index contributed by atoms with van der Waals surface area (Å²) in [5, 5.41) is 0. The highest BCUT2D eigenvalue weighted by atomic mass is 16.7. The Bertz CT molecular complexity index is 482. The van der Waals surface area contributed by atoms with E-state index in [1.54, 1.807) is 6.92 Å². The second-order valence-corrected chi connectivity index (χ2v) is 7.61. The Labute approximate surface area is 137 Å². The summed E-state index contributed by atoms with van der Waals surface area (Å²) >= 11 is 0. The first-order chi connectivity index (χ1) is 10.9. The SMILES string of the molecule is C=C(C)C(=O)OCCOC(=O)OC1(C)C2CC3CC(C2)CC1C3. The molecule has 128 valence electrons. The van der Waals surface area contributed by atoms with E-state index in [0.29, 0.717) is 17.4 Å². The van der Waals surface area contributed by atoms with E-state index in [1.807, 2.05) is 0 Å². The van der Waals surface area contributed by atoms with Crippen LogP contribution in [-0.4, -0.2) is 30.9 Å². The van der Waals surface area contributed by atoms with Crippen molar-refractivity contribution >= 4 is 12.1 Å². The highest BCUT2D eigenvalue weighted by Gasteiger charge is 2.57. The number of carbonyl (C=O) groups is 2. The van der Waals surface area contributed by atoms with Crippen molar-refractivity contribution in [3.05, 3.63) is 12.2 Å². The van der Waals surface area contributed by atoms with Gasteiger partial charge in [0.25, 0.3) is 0 Å². The van der Waals surface area contributed by atoms with Crippen molar-refractivity contribution in [1.29, 1.82) is 0 Å². The highest BCUT2D eigenvalue weighted by molar-refractivity contribution is 5.86. The lowest BCUT2D eigenvalue weighted by atomic mass is 9.50. The fourth-order valence-electron chi connectivity index (χ4n) is 4.88. The minimum atomic E-state index is -0.647. The van der Waals surface area contributed by atoms with E-state index in [9.17, 15) is 9.59 Å². The fraction of sp³-hybridized carbons (Fsp3) is 0.778. The van der Waals surface area contributed by atoms with Gasteiger partial charge in [0.15, 0.2) is 0 Å². The standard InChI is InChI=1S/C18H26O5/c1-11(2)16(19)21-4-5-22-17(20)23-18(3)14-7-12-6-13(9-14)10-15(18)8-12/h12-15H,1,4-10H2,2-3H3. The summed E-state index contributed by atoms with van der Waals surface area (Å²) in [5.41, 5.74) is -0.0625. The van der Waals surface area contributed by atoms with Gasteiger partial charge in [-0.1, -0.05) is 6.58 Å². The lowest BCUT2D eigenvalue weighted by Crippen LogP contribution is -2.58. The van der Waals surface area contributed by atoms with Gasteiger partial charge in [-0.15, -0.1) is 0 Å². The second kappa shape index (κ2) is 6.17. The van der Waals surface area contributed by atoms with Gasteiger partial charge in [0.2, 0.25) is 0 Å². The lowest BCUT2D eigenvalue weighted by Gasteiger charge is -2.58. The van der Waals surface area contributed by atoms with Gasteiger partial charge in [-0.05, 0) is 69.6 Å². The van der Waals surface area contributed by atoms with E-state index in [2.05, 4.69) is 13.5 Å².